The summed E-state index contributed by atoms with van der Waals surface area (Å²) in [6, 6.07) is 9.65. The van der Waals surface area contributed by atoms with Gasteiger partial charge in [0.1, 0.15) is 18.0 Å². The molecule has 2 aromatic heterocycles. The highest BCUT2D eigenvalue weighted by Crippen LogP contribution is 2.33. The van der Waals surface area contributed by atoms with Crippen LogP contribution in [0, 0.1) is 5.92 Å². The van der Waals surface area contributed by atoms with Crippen LogP contribution in [0.2, 0.25) is 0 Å². The number of carbonyl (C=O) groups is 2. The Balaban J connectivity index is 1.29. The molecule has 0 radical (unpaired) electrons. The van der Waals surface area contributed by atoms with E-state index >= 15 is 0 Å². The number of aromatic nitrogens is 3. The van der Waals surface area contributed by atoms with Gasteiger partial charge in [0.2, 0.25) is 17.7 Å². The number of nitrogens with zero attached hydrogens (tertiary/aromatic N) is 5. The summed E-state index contributed by atoms with van der Waals surface area (Å²) in [5.74, 6) is 1.75. The zero-order valence-electron chi connectivity index (χ0n) is 28.1. The summed E-state index contributed by atoms with van der Waals surface area (Å²) in [7, 11) is 1.61. The maximum absolute atomic E-state index is 14.3. The number of benzene rings is 1. The molecule has 0 bridgehead atoms. The molecule has 2 amide bonds. The van der Waals surface area contributed by atoms with E-state index in [1.165, 1.54) is 15.5 Å². The molecule has 0 spiro atoms. The van der Waals surface area contributed by atoms with Gasteiger partial charge in [0.15, 0.2) is 0 Å². The van der Waals surface area contributed by atoms with E-state index in [9.17, 15) is 18.4 Å². The third kappa shape index (κ3) is 8.87. The molecule has 3 heterocycles. The Morgan fingerprint density at radius 1 is 1.10 bits per heavy atom. The van der Waals surface area contributed by atoms with Crippen LogP contribution in [-0.2, 0) is 14.3 Å². The van der Waals surface area contributed by atoms with Gasteiger partial charge in [-0.1, -0.05) is 32.0 Å². The van der Waals surface area contributed by atoms with Crippen molar-refractivity contribution in [2.75, 3.05) is 56.9 Å². The van der Waals surface area contributed by atoms with E-state index in [2.05, 4.69) is 5.32 Å². The number of anilines is 1. The zero-order valence-corrected chi connectivity index (χ0v) is 28.9. The second-order valence-electron chi connectivity index (χ2n) is 12.7. The van der Waals surface area contributed by atoms with Crippen LogP contribution in [-0.4, -0.2) is 102 Å². The highest BCUT2D eigenvalue weighted by Gasteiger charge is 2.31. The molecule has 5 rings (SSSR count). The fourth-order valence-electron chi connectivity index (χ4n) is 6.06. The van der Waals surface area contributed by atoms with Crippen LogP contribution < -0.4 is 15.0 Å². The monoisotopic (exact) mass is 688 g/mol. The number of para-hydroxylation sites is 1. The molecule has 262 valence electrons. The molecule has 3 aromatic rings. The van der Waals surface area contributed by atoms with E-state index in [1.807, 2.05) is 37.1 Å². The van der Waals surface area contributed by atoms with E-state index in [1.54, 1.807) is 37.0 Å². The number of carbonyl (C=O) groups excluding carboxylic acids is 2. The van der Waals surface area contributed by atoms with Crippen LogP contribution in [0.5, 0.6) is 5.88 Å². The lowest BCUT2D eigenvalue weighted by atomic mass is 9.92. The van der Waals surface area contributed by atoms with Crippen molar-refractivity contribution in [1.29, 1.82) is 0 Å². The standard InChI is InChI=1S/C34H46F2N6O5S/c1-22(2)21-46-34(44)40(3)27(13-18-48-4)32(43)37-24-9-11-25(12-10-24)47-30-20-29(38-33(39-30)41-14-16-45-17-15-41)42-26-8-6-5-7-23(26)19-28(42)31(35)36/h5-8,19-20,22,24-25,27,31H,9-18,21H2,1-4H3,(H,37,43)/t24?,25?,27-/m0/s1. The number of alkyl halides is 2. The molecule has 11 nitrogen and oxygen atoms in total. The van der Waals surface area contributed by atoms with Crippen molar-refractivity contribution >= 4 is 40.6 Å². The Hall–Kier alpha value is -3.65. The maximum atomic E-state index is 14.3. The third-order valence-electron chi connectivity index (χ3n) is 8.66. The number of nitrogens with one attached hydrogen (secondary N) is 1. The normalized spacial score (nSPS) is 19.0. The van der Waals surface area contributed by atoms with E-state index in [0.717, 1.165) is 5.75 Å². The number of fused-ring (bicyclic) bond motifs is 1. The lowest BCUT2D eigenvalue weighted by Gasteiger charge is -2.32. The fourth-order valence-corrected chi connectivity index (χ4v) is 6.52. The summed E-state index contributed by atoms with van der Waals surface area (Å²) in [6.45, 7) is 6.40. The molecule has 0 unspecified atom stereocenters. The summed E-state index contributed by atoms with van der Waals surface area (Å²) < 4.78 is 47.4. The lowest BCUT2D eigenvalue weighted by Crippen LogP contribution is -2.51. The molecule has 1 saturated heterocycles. The number of likely N-dealkylation sites (N-methyl/N-ethyl adjacent to an activating group) is 1. The highest BCUT2D eigenvalue weighted by atomic mass is 32.2. The second-order valence-corrected chi connectivity index (χ2v) is 13.7. The Morgan fingerprint density at radius 2 is 1.83 bits per heavy atom. The largest absolute Gasteiger partial charge is 0.474 e. The minimum absolute atomic E-state index is 0.0704. The van der Waals surface area contributed by atoms with E-state index in [-0.39, 0.29) is 29.7 Å². The first-order valence-corrected chi connectivity index (χ1v) is 18.0. The minimum atomic E-state index is -2.71. The van der Waals surface area contributed by atoms with Crippen molar-refractivity contribution in [1.82, 2.24) is 24.8 Å². The number of thioether (sulfide) groups is 1. The van der Waals surface area contributed by atoms with Gasteiger partial charge in [-0.05, 0) is 62.2 Å². The predicted octanol–water partition coefficient (Wildman–Crippen LogP) is 5.85. The molecule has 1 saturated carbocycles. The van der Waals surface area contributed by atoms with Gasteiger partial charge in [-0.15, -0.1) is 0 Å². The van der Waals surface area contributed by atoms with Gasteiger partial charge in [0.25, 0.3) is 6.43 Å². The molecular weight excluding hydrogens is 642 g/mol. The smallest absolute Gasteiger partial charge is 0.410 e. The van der Waals surface area contributed by atoms with Crippen LogP contribution in [0.25, 0.3) is 16.7 Å². The molecular formula is C34H46F2N6O5S. The van der Waals surface area contributed by atoms with Gasteiger partial charge in [0, 0.05) is 37.6 Å². The zero-order chi connectivity index (χ0) is 34.2. The summed E-state index contributed by atoms with van der Waals surface area (Å²) in [4.78, 5) is 38.9. The fraction of sp³-hybridized carbons (Fsp3) is 0.588. The summed E-state index contributed by atoms with van der Waals surface area (Å²) in [5, 5.41) is 3.85. The van der Waals surface area contributed by atoms with Gasteiger partial charge < -0.3 is 24.4 Å². The van der Waals surface area contributed by atoms with E-state index in [4.69, 9.17) is 24.2 Å². The molecule has 1 atom stereocenters. The number of rotatable bonds is 13. The Labute approximate surface area is 284 Å². The first-order valence-electron chi connectivity index (χ1n) is 16.6. The van der Waals surface area contributed by atoms with Crippen molar-refractivity contribution in [3.05, 3.63) is 42.1 Å². The minimum Gasteiger partial charge on any atom is -0.474 e. The number of amides is 2. The summed E-state index contributed by atoms with van der Waals surface area (Å²) in [6.07, 6.45) is 1.77. The third-order valence-corrected chi connectivity index (χ3v) is 9.31. The summed E-state index contributed by atoms with van der Waals surface area (Å²) in [5.41, 5.74) is 0.469. The quantitative estimate of drug-likeness (QED) is 0.237. The number of hydrogen-bond acceptors (Lipinski definition) is 9. The van der Waals surface area contributed by atoms with Crippen LogP contribution in [0.15, 0.2) is 36.4 Å². The Morgan fingerprint density at radius 3 is 2.52 bits per heavy atom. The number of morpholine rings is 1. The van der Waals surface area contributed by atoms with Crippen LogP contribution in [0.4, 0.5) is 19.5 Å². The predicted molar refractivity (Wildman–Crippen MR) is 182 cm³/mol. The lowest BCUT2D eigenvalue weighted by molar-refractivity contribution is -0.126. The maximum Gasteiger partial charge on any atom is 0.410 e. The molecule has 48 heavy (non-hydrogen) atoms. The number of hydrogen-bond donors (Lipinski definition) is 1. The van der Waals surface area contributed by atoms with Crippen molar-refractivity contribution < 1.29 is 32.6 Å². The highest BCUT2D eigenvalue weighted by molar-refractivity contribution is 7.98. The summed E-state index contributed by atoms with van der Waals surface area (Å²) >= 11 is 1.62. The van der Waals surface area contributed by atoms with Crippen LogP contribution in [0.3, 0.4) is 0 Å². The topological polar surface area (TPSA) is 111 Å². The SMILES string of the molecule is CSCC[C@@H](C(=O)NC1CCC(Oc2cc(-n3c(C(F)F)cc4ccccc43)nc(N3CCOCC3)n2)CC1)N(C)C(=O)OCC(C)C. The molecule has 2 aliphatic rings. The van der Waals surface area contributed by atoms with Gasteiger partial charge in [-0.3, -0.25) is 14.3 Å². The van der Waals surface area contributed by atoms with Gasteiger partial charge in [0.05, 0.1) is 31.0 Å². The van der Waals surface area contributed by atoms with Crippen molar-refractivity contribution in [3.63, 3.8) is 0 Å². The van der Waals surface area contributed by atoms with Crippen LogP contribution >= 0.6 is 11.8 Å². The second kappa shape index (κ2) is 16.6. The van der Waals surface area contributed by atoms with Gasteiger partial charge in [-0.25, -0.2) is 13.6 Å². The Bertz CT molecular complexity index is 1530. The number of halogens is 2. The van der Waals surface area contributed by atoms with Gasteiger partial charge in [-0.2, -0.15) is 21.7 Å². The average Bonchev–Trinajstić information content (AvgIpc) is 3.49. The van der Waals surface area contributed by atoms with Crippen molar-refractivity contribution in [3.8, 4) is 11.7 Å². The molecule has 1 N–H and O–H groups in total. The first-order chi connectivity index (χ1) is 23.1. The molecule has 1 aliphatic heterocycles. The van der Waals surface area contributed by atoms with Crippen LogP contribution in [0.1, 0.15) is 58.1 Å². The molecule has 1 aliphatic carbocycles. The van der Waals surface area contributed by atoms with Gasteiger partial charge >= 0.3 is 6.09 Å². The molecule has 14 heteroatoms. The van der Waals surface area contributed by atoms with E-state index < -0.39 is 18.6 Å². The van der Waals surface area contributed by atoms with E-state index in [0.29, 0.717) is 93.6 Å². The average molecular weight is 689 g/mol. The number of ether oxygens (including phenoxy) is 3. The Kier molecular flexibility index (Phi) is 12.4. The van der Waals surface area contributed by atoms with Crippen molar-refractivity contribution in [2.24, 2.45) is 5.92 Å². The van der Waals surface area contributed by atoms with Crippen molar-refractivity contribution in [2.45, 2.75) is 70.6 Å². The molecule has 1 aromatic carbocycles. The first kappa shape index (κ1) is 35.7. The molecule has 2 fully saturated rings.